The first kappa shape index (κ1) is 14.7. The maximum Gasteiger partial charge on any atom is 0.265 e. The molecule has 1 aromatic rings. The van der Waals surface area contributed by atoms with Crippen molar-refractivity contribution < 1.29 is 17.7 Å². The van der Waals surface area contributed by atoms with E-state index in [-0.39, 0.29) is 11.7 Å². The van der Waals surface area contributed by atoms with Crippen LogP contribution in [0.2, 0.25) is 0 Å². The van der Waals surface area contributed by atoms with Crippen LogP contribution >= 0.6 is 0 Å². The number of rotatable bonds is 6. The van der Waals surface area contributed by atoms with Crippen molar-refractivity contribution in [2.75, 3.05) is 30.3 Å². The Kier molecular flexibility index (Phi) is 4.08. The minimum absolute atomic E-state index is 0.00536. The van der Waals surface area contributed by atoms with Gasteiger partial charge in [-0.05, 0) is 55.4 Å². The van der Waals surface area contributed by atoms with E-state index in [4.69, 9.17) is 9.29 Å². The van der Waals surface area contributed by atoms with Crippen molar-refractivity contribution in [3.63, 3.8) is 0 Å². The van der Waals surface area contributed by atoms with Crippen LogP contribution in [0.3, 0.4) is 0 Å². The van der Waals surface area contributed by atoms with Gasteiger partial charge in [0.25, 0.3) is 10.1 Å². The molecule has 2 aliphatic rings. The van der Waals surface area contributed by atoms with E-state index in [1.165, 1.54) is 12.8 Å². The highest BCUT2D eigenvalue weighted by Gasteiger charge is 2.26. The predicted octanol–water partition coefficient (Wildman–Crippen LogP) is 2.19. The van der Waals surface area contributed by atoms with Crippen LogP contribution in [-0.4, -0.2) is 38.4 Å². The summed E-state index contributed by atoms with van der Waals surface area (Å²) < 4.78 is 36.5. The molecule has 0 aromatic heterocycles. The summed E-state index contributed by atoms with van der Waals surface area (Å²) in [5, 5.41) is 0. The van der Waals surface area contributed by atoms with E-state index in [9.17, 15) is 8.42 Å². The average Bonchev–Trinajstić information content (AvgIpc) is 3.15. The summed E-state index contributed by atoms with van der Waals surface area (Å²) in [6.45, 7) is 2.30. The summed E-state index contributed by atoms with van der Waals surface area (Å²) in [4.78, 5) is 2.15. The zero-order valence-electron chi connectivity index (χ0n) is 11.9. The zero-order chi connectivity index (χ0) is 14.9. The van der Waals surface area contributed by atoms with Crippen molar-refractivity contribution in [3.05, 3.63) is 24.3 Å². The fourth-order valence-electron chi connectivity index (χ4n) is 2.75. The van der Waals surface area contributed by atoms with Gasteiger partial charge >= 0.3 is 0 Å². The summed E-state index contributed by atoms with van der Waals surface area (Å²) in [5.74, 6) is 1.49. The second-order valence-corrected chi connectivity index (χ2v) is 7.59. The first-order valence-electron chi connectivity index (χ1n) is 7.42. The fraction of sp³-hybridized carbons (Fsp3) is 0.600. The third-order valence-corrected chi connectivity index (χ3v) is 5.01. The molecule has 116 valence electrons. The van der Waals surface area contributed by atoms with E-state index < -0.39 is 10.1 Å². The smallest absolute Gasteiger partial charge is 0.265 e. The highest BCUT2D eigenvalue weighted by atomic mass is 32.2. The third kappa shape index (κ3) is 4.35. The molecule has 3 rings (SSSR count). The minimum Gasteiger partial charge on any atom is -0.493 e. The molecule has 1 saturated heterocycles. The van der Waals surface area contributed by atoms with Gasteiger partial charge in [0.15, 0.2) is 0 Å². The molecule has 1 saturated carbocycles. The van der Waals surface area contributed by atoms with Crippen molar-refractivity contribution >= 4 is 15.8 Å². The van der Waals surface area contributed by atoms with Gasteiger partial charge in [0.05, 0.1) is 12.4 Å². The number of anilines is 1. The molecule has 0 bridgehead atoms. The lowest BCUT2D eigenvalue weighted by Gasteiger charge is -2.19. The molecule has 1 aliphatic carbocycles. The van der Waals surface area contributed by atoms with Gasteiger partial charge in [-0.2, -0.15) is 8.42 Å². The number of hydrogen-bond acceptors (Lipinski definition) is 4. The number of benzene rings is 1. The number of nitrogens with zero attached hydrogens (tertiary/aromatic N) is 1. The van der Waals surface area contributed by atoms with Crippen LogP contribution < -0.4 is 9.64 Å². The molecule has 0 spiro atoms. The fourth-order valence-corrected chi connectivity index (χ4v) is 3.62. The minimum atomic E-state index is -3.88. The van der Waals surface area contributed by atoms with E-state index in [1.54, 1.807) is 0 Å². The molecule has 2 fully saturated rings. The van der Waals surface area contributed by atoms with Gasteiger partial charge in [0.1, 0.15) is 5.75 Å². The predicted molar refractivity (Wildman–Crippen MR) is 81.4 cm³/mol. The molecule has 1 aliphatic heterocycles. The zero-order valence-corrected chi connectivity index (χ0v) is 12.8. The third-order valence-electron chi connectivity index (χ3n) is 4.12. The molecule has 5 nitrogen and oxygen atoms in total. The Morgan fingerprint density at radius 3 is 2.48 bits per heavy atom. The molecule has 0 amide bonds. The van der Waals surface area contributed by atoms with Crippen LogP contribution in [0.4, 0.5) is 5.69 Å². The van der Waals surface area contributed by atoms with Gasteiger partial charge in [0.2, 0.25) is 0 Å². The summed E-state index contributed by atoms with van der Waals surface area (Å²) >= 11 is 0. The van der Waals surface area contributed by atoms with E-state index >= 15 is 0 Å². The molecule has 6 heteroatoms. The first-order valence-corrected chi connectivity index (χ1v) is 9.03. The van der Waals surface area contributed by atoms with E-state index in [2.05, 4.69) is 4.90 Å². The van der Waals surface area contributed by atoms with Crippen LogP contribution in [0.1, 0.15) is 19.3 Å². The summed E-state index contributed by atoms with van der Waals surface area (Å²) in [6, 6.07) is 7.96. The van der Waals surface area contributed by atoms with Gasteiger partial charge in [-0.3, -0.25) is 4.55 Å². The maximum absolute atomic E-state index is 10.9. The Morgan fingerprint density at radius 1 is 1.14 bits per heavy atom. The molecule has 1 atom stereocenters. The molecule has 1 N–H and O–H groups in total. The van der Waals surface area contributed by atoms with Gasteiger partial charge in [-0.15, -0.1) is 0 Å². The Morgan fingerprint density at radius 2 is 1.86 bits per heavy atom. The van der Waals surface area contributed by atoms with Gasteiger partial charge in [-0.25, -0.2) is 0 Å². The Labute approximate surface area is 125 Å². The number of hydrogen-bond donors (Lipinski definition) is 1. The van der Waals surface area contributed by atoms with Gasteiger partial charge in [-0.1, -0.05) is 0 Å². The first-order chi connectivity index (χ1) is 9.99. The highest BCUT2D eigenvalue weighted by molar-refractivity contribution is 7.85. The summed E-state index contributed by atoms with van der Waals surface area (Å²) in [5.41, 5.74) is 1.08. The lowest BCUT2D eigenvalue weighted by Crippen LogP contribution is -2.22. The monoisotopic (exact) mass is 311 g/mol. The highest BCUT2D eigenvalue weighted by Crippen LogP contribution is 2.30. The van der Waals surface area contributed by atoms with Crippen LogP contribution in [0, 0.1) is 11.8 Å². The summed E-state index contributed by atoms with van der Waals surface area (Å²) in [7, 11) is -3.88. The summed E-state index contributed by atoms with van der Waals surface area (Å²) in [6.07, 6.45) is 3.35. The molecule has 1 aromatic carbocycles. The topological polar surface area (TPSA) is 66.8 Å². The molecule has 0 radical (unpaired) electrons. The molecular formula is C15H21NO4S. The Hall–Kier alpha value is -1.27. The normalized spacial score (nSPS) is 22.5. The lowest BCUT2D eigenvalue weighted by atomic mass is 10.2. The molecule has 1 unspecified atom stereocenters. The Balaban J connectivity index is 1.54. The average molecular weight is 311 g/mol. The number of ether oxygens (including phenoxy) is 1. The SMILES string of the molecule is O=S(=O)(O)CC1CCN(c2ccc(OCC3CC3)cc2)C1. The van der Waals surface area contributed by atoms with Crippen LogP contribution in [-0.2, 0) is 10.1 Å². The van der Waals surface area contributed by atoms with E-state index in [1.807, 2.05) is 24.3 Å². The van der Waals surface area contributed by atoms with Crippen LogP contribution in [0.25, 0.3) is 0 Å². The van der Waals surface area contributed by atoms with Gasteiger partial charge < -0.3 is 9.64 Å². The van der Waals surface area contributed by atoms with E-state index in [0.717, 1.165) is 36.9 Å². The van der Waals surface area contributed by atoms with Crippen LogP contribution in [0.5, 0.6) is 5.75 Å². The van der Waals surface area contributed by atoms with Crippen LogP contribution in [0.15, 0.2) is 24.3 Å². The second-order valence-electron chi connectivity index (χ2n) is 6.10. The quantitative estimate of drug-likeness (QED) is 0.816. The Bertz CT molecular complexity index is 580. The maximum atomic E-state index is 10.9. The lowest BCUT2D eigenvalue weighted by molar-refractivity contribution is 0.300. The molecule has 21 heavy (non-hydrogen) atoms. The van der Waals surface area contributed by atoms with E-state index in [0.29, 0.717) is 6.54 Å². The molecular weight excluding hydrogens is 290 g/mol. The van der Waals surface area contributed by atoms with Crippen molar-refractivity contribution in [1.82, 2.24) is 0 Å². The largest absolute Gasteiger partial charge is 0.493 e. The van der Waals surface area contributed by atoms with Gasteiger partial charge in [0, 0.05) is 18.8 Å². The standard InChI is InChI=1S/C15H21NO4S/c17-21(18,19)11-13-7-8-16(9-13)14-3-5-15(6-4-14)20-10-12-1-2-12/h3-6,12-13H,1-2,7-11H2,(H,17,18,19). The second kappa shape index (κ2) is 5.85. The van der Waals surface area contributed by atoms with Crippen molar-refractivity contribution in [2.24, 2.45) is 11.8 Å². The molecule has 1 heterocycles. The van der Waals surface area contributed by atoms with Crippen molar-refractivity contribution in [1.29, 1.82) is 0 Å². The van der Waals surface area contributed by atoms with Crippen molar-refractivity contribution in [2.45, 2.75) is 19.3 Å². The van der Waals surface area contributed by atoms with Crippen molar-refractivity contribution in [3.8, 4) is 5.75 Å².